The third kappa shape index (κ3) is 4.43. The Morgan fingerprint density at radius 2 is 1.96 bits per heavy atom. The van der Waals surface area contributed by atoms with Gasteiger partial charge in [0.25, 0.3) is 5.91 Å². The Morgan fingerprint density at radius 3 is 2.81 bits per heavy atom. The zero-order valence-corrected chi connectivity index (χ0v) is 15.5. The Morgan fingerprint density at radius 1 is 1.15 bits per heavy atom. The molecule has 0 atom stereocenters. The summed E-state index contributed by atoms with van der Waals surface area (Å²) < 4.78 is 5.32. The Balaban J connectivity index is 1.60. The summed E-state index contributed by atoms with van der Waals surface area (Å²) in [6.45, 7) is -0.263. The molecule has 0 fully saturated rings. The molecule has 1 heterocycles. The number of nitrogens with zero attached hydrogens (tertiary/aromatic N) is 2. The Hall–Kier alpha value is -2.34. The summed E-state index contributed by atoms with van der Waals surface area (Å²) in [4.78, 5) is 16.1. The highest BCUT2D eigenvalue weighted by atomic mass is 35.5. The minimum atomic E-state index is -0.456. The van der Waals surface area contributed by atoms with E-state index < -0.39 is 5.91 Å². The second kappa shape index (κ2) is 8.36. The number of fused-ring (bicyclic) bond motifs is 1. The van der Waals surface area contributed by atoms with Gasteiger partial charge in [-0.2, -0.15) is 5.10 Å². The number of hydrazone groups is 1. The van der Waals surface area contributed by atoms with Crippen molar-refractivity contribution in [2.24, 2.45) is 5.10 Å². The van der Waals surface area contributed by atoms with Crippen LogP contribution in [0, 0.1) is 0 Å². The molecule has 1 amide bonds. The van der Waals surface area contributed by atoms with Gasteiger partial charge in [-0.05, 0) is 24.3 Å². The molecule has 1 aromatic heterocycles. The predicted octanol–water partition coefficient (Wildman–Crippen LogP) is 4.72. The van der Waals surface area contributed by atoms with Crippen LogP contribution in [0.1, 0.15) is 5.56 Å². The molecule has 0 radical (unpaired) electrons. The summed E-state index contributed by atoms with van der Waals surface area (Å²) in [7, 11) is 0. The third-order valence-electron chi connectivity index (χ3n) is 3.37. The molecule has 0 spiro atoms. The van der Waals surface area contributed by atoms with Crippen LogP contribution >= 0.6 is 34.8 Å². The van der Waals surface area contributed by atoms with Crippen molar-refractivity contribution in [2.75, 3.05) is 6.61 Å². The van der Waals surface area contributed by atoms with Crippen molar-refractivity contribution in [3.63, 3.8) is 0 Å². The van der Waals surface area contributed by atoms with Gasteiger partial charge in [0, 0.05) is 10.9 Å². The van der Waals surface area contributed by atoms with Crippen LogP contribution in [0.25, 0.3) is 10.9 Å². The predicted molar refractivity (Wildman–Crippen MR) is 104 cm³/mol. The van der Waals surface area contributed by atoms with Crippen LogP contribution in [-0.2, 0) is 4.79 Å². The fourth-order valence-corrected chi connectivity index (χ4v) is 2.69. The minimum Gasteiger partial charge on any atom is -0.482 e. The summed E-state index contributed by atoms with van der Waals surface area (Å²) in [5, 5.41) is 5.69. The van der Waals surface area contributed by atoms with Crippen molar-refractivity contribution in [1.82, 2.24) is 10.4 Å². The van der Waals surface area contributed by atoms with E-state index in [-0.39, 0.29) is 11.6 Å². The average Bonchev–Trinajstić information content (AvgIpc) is 2.63. The van der Waals surface area contributed by atoms with E-state index in [1.54, 1.807) is 18.2 Å². The van der Waals surface area contributed by atoms with E-state index in [0.717, 1.165) is 10.9 Å². The number of halogens is 3. The summed E-state index contributed by atoms with van der Waals surface area (Å²) >= 11 is 18.0. The molecule has 0 aliphatic heterocycles. The smallest absolute Gasteiger partial charge is 0.277 e. The number of nitrogens with one attached hydrogen (secondary N) is 1. The quantitative estimate of drug-likeness (QED) is 0.377. The third-order valence-corrected chi connectivity index (χ3v) is 4.48. The number of para-hydroxylation sites is 1. The van der Waals surface area contributed by atoms with Crippen molar-refractivity contribution in [3.8, 4) is 5.75 Å². The van der Waals surface area contributed by atoms with Crippen molar-refractivity contribution in [1.29, 1.82) is 0 Å². The van der Waals surface area contributed by atoms with Crippen LogP contribution in [-0.4, -0.2) is 23.7 Å². The van der Waals surface area contributed by atoms with Gasteiger partial charge in [-0.25, -0.2) is 10.4 Å². The van der Waals surface area contributed by atoms with Gasteiger partial charge in [-0.1, -0.05) is 59.1 Å². The molecule has 5 nitrogen and oxygen atoms in total. The average molecular weight is 409 g/mol. The molecule has 0 saturated carbocycles. The number of amides is 1. The number of hydrogen-bond donors (Lipinski definition) is 1. The highest BCUT2D eigenvalue weighted by molar-refractivity contribution is 6.42. The SMILES string of the molecule is O=C(COc1cccc(Cl)c1Cl)NN=Cc1cc2ccccc2nc1Cl. The van der Waals surface area contributed by atoms with Crippen molar-refractivity contribution in [3.05, 3.63) is 69.3 Å². The molecular weight excluding hydrogens is 397 g/mol. The van der Waals surface area contributed by atoms with Crippen LogP contribution in [0.5, 0.6) is 5.75 Å². The molecular formula is C18H12Cl3N3O2. The number of rotatable bonds is 5. The number of benzene rings is 2. The Kier molecular flexibility index (Phi) is 5.93. The lowest BCUT2D eigenvalue weighted by Crippen LogP contribution is -2.24. The van der Waals surface area contributed by atoms with Gasteiger partial charge < -0.3 is 4.74 Å². The zero-order valence-electron chi connectivity index (χ0n) is 13.2. The minimum absolute atomic E-state index is 0.250. The number of pyridine rings is 1. The molecule has 0 aliphatic rings. The van der Waals surface area contributed by atoms with Crippen LogP contribution in [0.3, 0.4) is 0 Å². The maximum atomic E-state index is 11.8. The van der Waals surface area contributed by atoms with E-state index >= 15 is 0 Å². The maximum Gasteiger partial charge on any atom is 0.277 e. The first-order valence-electron chi connectivity index (χ1n) is 7.48. The fraction of sp³-hybridized carbons (Fsp3) is 0.0556. The van der Waals surface area contributed by atoms with Gasteiger partial charge in [-0.15, -0.1) is 0 Å². The first-order valence-corrected chi connectivity index (χ1v) is 8.62. The summed E-state index contributed by atoms with van der Waals surface area (Å²) in [5.74, 6) is -0.137. The monoisotopic (exact) mass is 407 g/mol. The first kappa shape index (κ1) is 18.5. The molecule has 0 unspecified atom stereocenters. The highest BCUT2D eigenvalue weighted by Crippen LogP contribution is 2.31. The van der Waals surface area contributed by atoms with Gasteiger partial charge in [0.2, 0.25) is 0 Å². The van der Waals surface area contributed by atoms with Crippen LogP contribution < -0.4 is 10.2 Å². The summed E-state index contributed by atoms with van der Waals surface area (Å²) in [6, 6.07) is 14.3. The van der Waals surface area contributed by atoms with Crippen molar-refractivity contribution < 1.29 is 9.53 Å². The zero-order chi connectivity index (χ0) is 18.5. The Labute approximate surface area is 164 Å². The maximum absolute atomic E-state index is 11.8. The lowest BCUT2D eigenvalue weighted by Gasteiger charge is -2.07. The van der Waals surface area contributed by atoms with Crippen LogP contribution in [0.15, 0.2) is 53.6 Å². The molecule has 2 aromatic carbocycles. The molecule has 3 aromatic rings. The second-order valence-electron chi connectivity index (χ2n) is 5.19. The van der Waals surface area contributed by atoms with E-state index in [1.165, 1.54) is 6.21 Å². The Bertz CT molecular complexity index is 993. The number of carbonyl (C=O) groups excluding carboxylic acids is 1. The van der Waals surface area contributed by atoms with E-state index in [1.807, 2.05) is 30.3 Å². The lowest BCUT2D eigenvalue weighted by atomic mass is 10.2. The normalized spacial score (nSPS) is 11.0. The van der Waals surface area contributed by atoms with Gasteiger partial charge in [0.05, 0.1) is 16.8 Å². The molecule has 0 saturated heterocycles. The van der Waals surface area contributed by atoms with Crippen LogP contribution in [0.4, 0.5) is 0 Å². The first-order chi connectivity index (χ1) is 12.5. The van der Waals surface area contributed by atoms with E-state index in [2.05, 4.69) is 15.5 Å². The molecule has 132 valence electrons. The van der Waals surface area contributed by atoms with Gasteiger partial charge in [0.1, 0.15) is 15.9 Å². The molecule has 8 heteroatoms. The summed E-state index contributed by atoms with van der Waals surface area (Å²) in [5.41, 5.74) is 3.72. The van der Waals surface area contributed by atoms with E-state index in [4.69, 9.17) is 39.5 Å². The highest BCUT2D eigenvalue weighted by Gasteiger charge is 2.08. The molecule has 3 rings (SSSR count). The lowest BCUT2D eigenvalue weighted by molar-refractivity contribution is -0.123. The van der Waals surface area contributed by atoms with E-state index in [0.29, 0.717) is 21.5 Å². The molecule has 1 N–H and O–H groups in total. The molecule has 0 aliphatic carbocycles. The van der Waals surface area contributed by atoms with Gasteiger partial charge in [-0.3, -0.25) is 4.79 Å². The molecule has 26 heavy (non-hydrogen) atoms. The van der Waals surface area contributed by atoms with Gasteiger partial charge >= 0.3 is 0 Å². The standard InChI is InChI=1S/C18H12Cl3N3O2/c19-13-5-3-7-15(17(13)20)26-10-16(25)24-22-9-12-8-11-4-1-2-6-14(11)23-18(12)21/h1-9H,10H2,(H,24,25). The van der Waals surface area contributed by atoms with Crippen molar-refractivity contribution in [2.45, 2.75) is 0 Å². The van der Waals surface area contributed by atoms with Crippen LogP contribution in [0.2, 0.25) is 15.2 Å². The number of ether oxygens (including phenoxy) is 1. The number of aromatic nitrogens is 1. The number of hydrogen-bond acceptors (Lipinski definition) is 4. The van der Waals surface area contributed by atoms with E-state index in [9.17, 15) is 4.79 Å². The van der Waals surface area contributed by atoms with Gasteiger partial charge in [0.15, 0.2) is 6.61 Å². The topological polar surface area (TPSA) is 63.6 Å². The number of carbonyl (C=O) groups is 1. The molecule has 0 bridgehead atoms. The summed E-state index contributed by atoms with van der Waals surface area (Å²) in [6.07, 6.45) is 1.42. The van der Waals surface area contributed by atoms with Crippen molar-refractivity contribution >= 4 is 57.8 Å². The second-order valence-corrected chi connectivity index (χ2v) is 6.34. The largest absolute Gasteiger partial charge is 0.482 e. The fourth-order valence-electron chi connectivity index (χ4n) is 2.14.